The zero-order valence-electron chi connectivity index (χ0n) is 12.5. The van der Waals surface area contributed by atoms with Crippen LogP contribution < -0.4 is 10.0 Å². The van der Waals surface area contributed by atoms with E-state index in [1.54, 1.807) is 0 Å². The Morgan fingerprint density at radius 2 is 1.77 bits per heavy atom. The molecule has 0 unspecified atom stereocenters. The Hall–Kier alpha value is -1.11. The van der Waals surface area contributed by atoms with E-state index in [9.17, 15) is 13.2 Å². The van der Waals surface area contributed by atoms with Crippen LogP contribution in [0, 0.1) is 5.92 Å². The quantitative estimate of drug-likeness (QED) is 0.860. The van der Waals surface area contributed by atoms with Gasteiger partial charge in [0.2, 0.25) is 15.9 Å². The van der Waals surface area contributed by atoms with E-state index < -0.39 is 10.0 Å². The summed E-state index contributed by atoms with van der Waals surface area (Å²) < 4.78 is 26.4. The maximum absolute atomic E-state index is 12.0. The Labute approximate surface area is 136 Å². The number of carbonyl (C=O) groups excluding carboxylic acids is 1. The third-order valence-corrected chi connectivity index (χ3v) is 5.60. The molecule has 1 saturated carbocycles. The normalized spacial score (nSPS) is 22.3. The summed E-state index contributed by atoms with van der Waals surface area (Å²) >= 11 is 5.73. The molecule has 5 nitrogen and oxygen atoms in total. The lowest BCUT2D eigenvalue weighted by Gasteiger charge is -2.26. The van der Waals surface area contributed by atoms with Crippen LogP contribution in [-0.2, 0) is 14.8 Å². The molecule has 0 heterocycles. The number of hydrogen-bond donors (Lipinski definition) is 2. The van der Waals surface area contributed by atoms with E-state index in [1.807, 2.05) is 0 Å². The van der Waals surface area contributed by atoms with Crippen molar-refractivity contribution < 1.29 is 13.2 Å². The second kappa shape index (κ2) is 7.44. The zero-order chi connectivity index (χ0) is 16.2. The molecule has 0 atom stereocenters. The molecule has 0 aliphatic heterocycles. The van der Waals surface area contributed by atoms with Crippen LogP contribution in [0.15, 0.2) is 29.2 Å². The van der Waals surface area contributed by atoms with E-state index in [-0.39, 0.29) is 23.4 Å². The molecule has 1 aromatic carbocycles. The van der Waals surface area contributed by atoms with E-state index in [0.717, 1.165) is 25.7 Å². The summed E-state index contributed by atoms with van der Waals surface area (Å²) in [4.78, 5) is 12.0. The van der Waals surface area contributed by atoms with Crippen molar-refractivity contribution in [2.45, 2.75) is 43.5 Å². The van der Waals surface area contributed by atoms with Gasteiger partial charge in [-0.1, -0.05) is 18.5 Å². The lowest BCUT2D eigenvalue weighted by Crippen LogP contribution is -2.43. The maximum atomic E-state index is 12.0. The molecular formula is C15H21ClN2O3S. The van der Waals surface area contributed by atoms with Crippen molar-refractivity contribution >= 4 is 27.5 Å². The molecule has 1 aliphatic carbocycles. The number of nitrogens with one attached hydrogen (secondary N) is 2. The molecule has 1 aromatic rings. The zero-order valence-corrected chi connectivity index (χ0v) is 14.1. The third kappa shape index (κ3) is 4.97. The molecule has 1 amide bonds. The molecule has 122 valence electrons. The van der Waals surface area contributed by atoms with Crippen LogP contribution in [0.4, 0.5) is 0 Å². The van der Waals surface area contributed by atoms with Crippen molar-refractivity contribution in [3.8, 4) is 0 Å². The van der Waals surface area contributed by atoms with Gasteiger partial charge in [-0.05, 0) is 55.9 Å². The van der Waals surface area contributed by atoms with Crippen molar-refractivity contribution in [2.75, 3.05) is 6.54 Å². The van der Waals surface area contributed by atoms with E-state index in [2.05, 4.69) is 17.0 Å². The van der Waals surface area contributed by atoms with Crippen molar-refractivity contribution in [1.82, 2.24) is 10.0 Å². The first-order valence-corrected chi connectivity index (χ1v) is 9.27. The molecule has 2 N–H and O–H groups in total. The Morgan fingerprint density at radius 3 is 2.36 bits per heavy atom. The smallest absolute Gasteiger partial charge is 0.241 e. The highest BCUT2D eigenvalue weighted by Crippen LogP contribution is 2.23. The van der Waals surface area contributed by atoms with E-state index in [0.29, 0.717) is 10.9 Å². The first-order valence-electron chi connectivity index (χ1n) is 7.41. The predicted octanol–water partition coefficient (Wildman–Crippen LogP) is 2.31. The van der Waals surface area contributed by atoms with E-state index >= 15 is 0 Å². The summed E-state index contributed by atoms with van der Waals surface area (Å²) in [5.74, 6) is 0.411. The molecular weight excluding hydrogens is 324 g/mol. The number of sulfonamides is 1. The number of halogens is 1. The van der Waals surface area contributed by atoms with Crippen LogP contribution >= 0.6 is 11.6 Å². The summed E-state index contributed by atoms with van der Waals surface area (Å²) in [6, 6.07) is 5.97. The minimum atomic E-state index is -3.69. The summed E-state index contributed by atoms with van der Waals surface area (Å²) in [5.41, 5.74) is 0. The molecule has 1 aliphatic rings. The average molecular weight is 345 g/mol. The highest BCUT2D eigenvalue weighted by atomic mass is 35.5. The maximum Gasteiger partial charge on any atom is 0.241 e. The molecule has 0 radical (unpaired) electrons. The first kappa shape index (κ1) is 17.2. The Balaban J connectivity index is 1.83. The number of rotatable bonds is 5. The first-order chi connectivity index (χ1) is 10.4. The molecule has 2 rings (SSSR count). The monoisotopic (exact) mass is 344 g/mol. The summed E-state index contributed by atoms with van der Waals surface area (Å²) in [6.07, 6.45) is 4.11. The summed E-state index contributed by atoms with van der Waals surface area (Å²) in [6.45, 7) is 1.95. The van der Waals surface area contributed by atoms with Gasteiger partial charge in [-0.3, -0.25) is 4.79 Å². The average Bonchev–Trinajstić information content (AvgIpc) is 2.48. The van der Waals surface area contributed by atoms with Gasteiger partial charge >= 0.3 is 0 Å². The highest BCUT2D eigenvalue weighted by Gasteiger charge is 2.21. The highest BCUT2D eigenvalue weighted by molar-refractivity contribution is 7.89. The summed E-state index contributed by atoms with van der Waals surface area (Å²) in [5, 5.41) is 3.35. The van der Waals surface area contributed by atoms with Crippen LogP contribution in [0.5, 0.6) is 0 Å². The van der Waals surface area contributed by atoms with Crippen LogP contribution in [0.2, 0.25) is 5.02 Å². The van der Waals surface area contributed by atoms with Gasteiger partial charge in [0.15, 0.2) is 0 Å². The molecule has 0 saturated heterocycles. The van der Waals surface area contributed by atoms with Crippen LogP contribution in [-0.4, -0.2) is 26.9 Å². The molecule has 0 aromatic heterocycles. The molecule has 7 heteroatoms. The SMILES string of the molecule is CC1CCC(NC(=O)CNS(=O)(=O)c2ccc(Cl)cc2)CC1. The van der Waals surface area contributed by atoms with Crippen molar-refractivity contribution in [3.63, 3.8) is 0 Å². The number of hydrogen-bond acceptors (Lipinski definition) is 3. The van der Waals surface area contributed by atoms with Gasteiger partial charge in [-0.25, -0.2) is 13.1 Å². The standard InChI is InChI=1S/C15H21ClN2O3S/c1-11-2-6-13(7-3-11)18-15(19)10-17-22(20,21)14-8-4-12(16)5-9-14/h4-5,8-9,11,13,17H,2-3,6-7,10H2,1H3,(H,18,19). The van der Waals surface area contributed by atoms with Crippen molar-refractivity contribution in [2.24, 2.45) is 5.92 Å². The van der Waals surface area contributed by atoms with Crippen LogP contribution in [0.25, 0.3) is 0 Å². The molecule has 1 fully saturated rings. The Kier molecular flexibility index (Phi) is 5.83. The van der Waals surface area contributed by atoms with Gasteiger partial charge in [-0.2, -0.15) is 0 Å². The van der Waals surface area contributed by atoms with Gasteiger partial charge < -0.3 is 5.32 Å². The molecule has 22 heavy (non-hydrogen) atoms. The fourth-order valence-corrected chi connectivity index (χ4v) is 3.65. The van der Waals surface area contributed by atoms with Gasteiger partial charge in [0.1, 0.15) is 0 Å². The van der Waals surface area contributed by atoms with Gasteiger partial charge in [0.25, 0.3) is 0 Å². The second-order valence-electron chi connectivity index (χ2n) is 5.80. The minimum absolute atomic E-state index is 0.0937. The second-order valence-corrected chi connectivity index (χ2v) is 8.01. The number of amides is 1. The van der Waals surface area contributed by atoms with Crippen LogP contribution in [0.3, 0.4) is 0 Å². The lowest BCUT2D eigenvalue weighted by atomic mass is 9.87. The fourth-order valence-electron chi connectivity index (χ4n) is 2.54. The van der Waals surface area contributed by atoms with Crippen molar-refractivity contribution in [3.05, 3.63) is 29.3 Å². The molecule has 0 spiro atoms. The fraction of sp³-hybridized carbons (Fsp3) is 0.533. The van der Waals surface area contributed by atoms with Crippen molar-refractivity contribution in [1.29, 1.82) is 0 Å². The van der Waals surface area contributed by atoms with Gasteiger partial charge in [-0.15, -0.1) is 0 Å². The van der Waals surface area contributed by atoms with Crippen LogP contribution in [0.1, 0.15) is 32.6 Å². The summed E-state index contributed by atoms with van der Waals surface area (Å²) in [7, 11) is -3.69. The largest absolute Gasteiger partial charge is 0.352 e. The minimum Gasteiger partial charge on any atom is -0.352 e. The lowest BCUT2D eigenvalue weighted by molar-refractivity contribution is -0.120. The topological polar surface area (TPSA) is 75.3 Å². The number of benzene rings is 1. The van der Waals surface area contributed by atoms with E-state index in [4.69, 9.17) is 11.6 Å². The van der Waals surface area contributed by atoms with Gasteiger partial charge in [0.05, 0.1) is 11.4 Å². The number of carbonyl (C=O) groups is 1. The van der Waals surface area contributed by atoms with Gasteiger partial charge in [0, 0.05) is 11.1 Å². The Bertz CT molecular complexity index is 608. The predicted molar refractivity (Wildman–Crippen MR) is 86.2 cm³/mol. The third-order valence-electron chi connectivity index (χ3n) is 3.93. The molecule has 0 bridgehead atoms. The Morgan fingerprint density at radius 1 is 1.18 bits per heavy atom. The van der Waals surface area contributed by atoms with E-state index in [1.165, 1.54) is 24.3 Å².